The lowest BCUT2D eigenvalue weighted by Crippen LogP contribution is -2.47. The number of hydrogen-bond donors (Lipinski definition) is 1. The maximum absolute atomic E-state index is 12.6. The Balaban J connectivity index is 1.81. The monoisotopic (exact) mass is 291 g/mol. The van der Waals surface area contributed by atoms with E-state index in [9.17, 15) is 9.59 Å². The number of likely N-dealkylation sites (tertiary alicyclic amines) is 1. The Bertz CT molecular complexity index is 585. The maximum atomic E-state index is 12.6. The Morgan fingerprint density at radius 3 is 2.76 bits per heavy atom. The minimum absolute atomic E-state index is 0.0403. The average Bonchev–Trinajstić information content (AvgIpc) is 2.94. The predicted molar refractivity (Wildman–Crippen MR) is 73.4 cm³/mol. The standard InChI is InChI=1S/C15H17NO5/c1-9-2-3-11(15(18)19)7-16(9)14(17)10-4-5-12-13(6-10)21-8-20-12/h4-6,9,11H,2-3,7-8H2,1H3,(H,18,19). The molecule has 2 atom stereocenters. The maximum Gasteiger partial charge on any atom is 0.308 e. The van der Waals surface area contributed by atoms with Gasteiger partial charge in [0.2, 0.25) is 6.79 Å². The molecule has 0 aromatic heterocycles. The molecule has 0 saturated carbocycles. The number of hydrogen-bond acceptors (Lipinski definition) is 4. The van der Waals surface area contributed by atoms with E-state index in [0.29, 0.717) is 29.9 Å². The third kappa shape index (κ3) is 2.53. The summed E-state index contributed by atoms with van der Waals surface area (Å²) in [5.41, 5.74) is 0.497. The Kier molecular flexibility index (Phi) is 3.45. The Hall–Kier alpha value is -2.24. The van der Waals surface area contributed by atoms with Gasteiger partial charge in [-0.2, -0.15) is 0 Å². The molecule has 2 aliphatic heterocycles. The molecule has 1 aromatic rings. The van der Waals surface area contributed by atoms with E-state index in [2.05, 4.69) is 0 Å². The van der Waals surface area contributed by atoms with Crippen molar-refractivity contribution in [2.45, 2.75) is 25.8 Å². The van der Waals surface area contributed by atoms with Gasteiger partial charge in [-0.15, -0.1) is 0 Å². The van der Waals surface area contributed by atoms with Gasteiger partial charge in [0.05, 0.1) is 5.92 Å². The lowest BCUT2D eigenvalue weighted by molar-refractivity contribution is -0.143. The molecule has 1 aromatic carbocycles. The lowest BCUT2D eigenvalue weighted by Gasteiger charge is -2.36. The molecule has 112 valence electrons. The van der Waals surface area contributed by atoms with E-state index in [1.807, 2.05) is 6.92 Å². The highest BCUT2D eigenvalue weighted by molar-refractivity contribution is 5.95. The quantitative estimate of drug-likeness (QED) is 0.898. The number of nitrogens with zero attached hydrogens (tertiary/aromatic N) is 1. The summed E-state index contributed by atoms with van der Waals surface area (Å²) >= 11 is 0. The van der Waals surface area contributed by atoms with Crippen LogP contribution < -0.4 is 9.47 Å². The molecule has 0 radical (unpaired) electrons. The second-order valence-electron chi connectivity index (χ2n) is 5.49. The van der Waals surface area contributed by atoms with Crippen molar-refractivity contribution >= 4 is 11.9 Å². The summed E-state index contributed by atoms with van der Waals surface area (Å²) < 4.78 is 10.5. The molecule has 0 aliphatic carbocycles. The summed E-state index contributed by atoms with van der Waals surface area (Å²) in [5.74, 6) is -0.307. The van der Waals surface area contributed by atoms with Crippen LogP contribution in [-0.2, 0) is 4.79 Å². The van der Waals surface area contributed by atoms with Gasteiger partial charge in [-0.3, -0.25) is 9.59 Å². The number of amides is 1. The highest BCUT2D eigenvalue weighted by Gasteiger charge is 2.33. The van der Waals surface area contributed by atoms with Crippen LogP contribution in [0, 0.1) is 5.92 Å². The van der Waals surface area contributed by atoms with Crippen molar-refractivity contribution < 1.29 is 24.2 Å². The Labute approximate surface area is 122 Å². The zero-order valence-corrected chi connectivity index (χ0v) is 11.7. The molecule has 1 saturated heterocycles. The topological polar surface area (TPSA) is 76.1 Å². The van der Waals surface area contributed by atoms with Crippen molar-refractivity contribution in [3.05, 3.63) is 23.8 Å². The SMILES string of the molecule is CC1CCC(C(=O)O)CN1C(=O)c1ccc2c(c1)OCO2. The fourth-order valence-corrected chi connectivity index (χ4v) is 2.79. The number of carboxylic acid groups (broad SMARTS) is 1. The van der Waals surface area contributed by atoms with Gasteiger partial charge in [0.25, 0.3) is 5.91 Å². The van der Waals surface area contributed by atoms with Crippen LogP contribution in [0.25, 0.3) is 0 Å². The molecular weight excluding hydrogens is 274 g/mol. The smallest absolute Gasteiger partial charge is 0.308 e. The highest BCUT2D eigenvalue weighted by atomic mass is 16.7. The van der Waals surface area contributed by atoms with Gasteiger partial charge in [-0.05, 0) is 38.0 Å². The van der Waals surface area contributed by atoms with Crippen LogP contribution in [0.2, 0.25) is 0 Å². The second-order valence-corrected chi connectivity index (χ2v) is 5.49. The van der Waals surface area contributed by atoms with Crippen molar-refractivity contribution in [2.75, 3.05) is 13.3 Å². The number of ether oxygens (including phenoxy) is 2. The highest BCUT2D eigenvalue weighted by Crippen LogP contribution is 2.33. The molecule has 2 heterocycles. The third-order valence-corrected chi connectivity index (χ3v) is 4.11. The summed E-state index contributed by atoms with van der Waals surface area (Å²) in [7, 11) is 0. The second kappa shape index (κ2) is 5.27. The molecule has 21 heavy (non-hydrogen) atoms. The van der Waals surface area contributed by atoms with Gasteiger partial charge >= 0.3 is 5.97 Å². The molecule has 2 unspecified atom stereocenters. The first kappa shape index (κ1) is 13.7. The van der Waals surface area contributed by atoms with Gasteiger partial charge in [-0.25, -0.2) is 0 Å². The molecule has 3 rings (SSSR count). The predicted octanol–water partition coefficient (Wildman–Crippen LogP) is 1.74. The minimum atomic E-state index is -0.842. The summed E-state index contributed by atoms with van der Waals surface area (Å²) in [5, 5.41) is 9.15. The zero-order chi connectivity index (χ0) is 15.0. The number of benzene rings is 1. The van der Waals surface area contributed by atoms with Crippen LogP contribution in [0.5, 0.6) is 11.5 Å². The van der Waals surface area contributed by atoms with Crippen molar-refractivity contribution in [3.8, 4) is 11.5 Å². The van der Waals surface area contributed by atoms with Crippen LogP contribution in [-0.4, -0.2) is 41.3 Å². The molecule has 0 bridgehead atoms. The van der Waals surface area contributed by atoms with Crippen LogP contribution in [0.1, 0.15) is 30.1 Å². The zero-order valence-electron chi connectivity index (χ0n) is 11.7. The van der Waals surface area contributed by atoms with Crippen molar-refractivity contribution in [1.82, 2.24) is 4.90 Å². The first-order valence-electron chi connectivity index (χ1n) is 6.99. The number of carboxylic acids is 1. The number of rotatable bonds is 2. The van der Waals surface area contributed by atoms with Gasteiger partial charge in [0, 0.05) is 18.2 Å². The van der Waals surface area contributed by atoms with Crippen molar-refractivity contribution in [3.63, 3.8) is 0 Å². The number of carbonyl (C=O) groups excluding carboxylic acids is 1. The molecule has 6 heteroatoms. The van der Waals surface area contributed by atoms with Gasteiger partial charge in [0.15, 0.2) is 11.5 Å². The first-order chi connectivity index (χ1) is 10.1. The van der Waals surface area contributed by atoms with Crippen LogP contribution in [0.4, 0.5) is 0 Å². The van der Waals surface area contributed by atoms with E-state index in [1.54, 1.807) is 23.1 Å². The molecule has 2 aliphatic rings. The van der Waals surface area contributed by atoms with Gasteiger partial charge < -0.3 is 19.5 Å². The molecular formula is C15H17NO5. The van der Waals surface area contributed by atoms with E-state index in [0.717, 1.165) is 0 Å². The number of fused-ring (bicyclic) bond motifs is 1. The van der Waals surface area contributed by atoms with Crippen LogP contribution >= 0.6 is 0 Å². The molecule has 0 spiro atoms. The number of carbonyl (C=O) groups is 2. The van der Waals surface area contributed by atoms with E-state index >= 15 is 0 Å². The Morgan fingerprint density at radius 1 is 1.24 bits per heavy atom. The van der Waals surface area contributed by atoms with Crippen molar-refractivity contribution in [1.29, 1.82) is 0 Å². The summed E-state index contributed by atoms with van der Waals surface area (Å²) in [4.78, 5) is 25.4. The molecule has 1 amide bonds. The minimum Gasteiger partial charge on any atom is -0.481 e. The van der Waals surface area contributed by atoms with E-state index < -0.39 is 11.9 Å². The summed E-state index contributed by atoms with van der Waals surface area (Å²) in [6.07, 6.45) is 1.31. The van der Waals surface area contributed by atoms with E-state index in [4.69, 9.17) is 14.6 Å². The average molecular weight is 291 g/mol. The fraction of sp³-hybridized carbons (Fsp3) is 0.467. The van der Waals surface area contributed by atoms with Crippen LogP contribution in [0.3, 0.4) is 0 Å². The first-order valence-corrected chi connectivity index (χ1v) is 6.99. The van der Waals surface area contributed by atoms with Crippen molar-refractivity contribution in [2.24, 2.45) is 5.92 Å². The van der Waals surface area contributed by atoms with Gasteiger partial charge in [0.1, 0.15) is 0 Å². The van der Waals surface area contributed by atoms with Crippen LogP contribution in [0.15, 0.2) is 18.2 Å². The van der Waals surface area contributed by atoms with Gasteiger partial charge in [-0.1, -0.05) is 0 Å². The number of aliphatic carboxylic acids is 1. The molecule has 1 N–H and O–H groups in total. The molecule has 1 fully saturated rings. The largest absolute Gasteiger partial charge is 0.481 e. The Morgan fingerprint density at radius 2 is 2.00 bits per heavy atom. The lowest BCUT2D eigenvalue weighted by atomic mass is 9.93. The normalized spacial score (nSPS) is 24.0. The third-order valence-electron chi connectivity index (χ3n) is 4.11. The summed E-state index contributed by atoms with van der Waals surface area (Å²) in [6.45, 7) is 2.36. The number of piperidine rings is 1. The molecule has 6 nitrogen and oxygen atoms in total. The van der Waals surface area contributed by atoms with E-state index in [-0.39, 0.29) is 25.3 Å². The fourth-order valence-electron chi connectivity index (χ4n) is 2.79. The summed E-state index contributed by atoms with van der Waals surface area (Å²) in [6, 6.07) is 5.09. The van der Waals surface area contributed by atoms with E-state index in [1.165, 1.54) is 0 Å².